The van der Waals surface area contributed by atoms with Crippen molar-refractivity contribution in [2.75, 3.05) is 5.73 Å². The van der Waals surface area contributed by atoms with Gasteiger partial charge < -0.3 is 25.8 Å². The van der Waals surface area contributed by atoms with Gasteiger partial charge in [-0.1, -0.05) is 0 Å². The summed E-state index contributed by atoms with van der Waals surface area (Å²) in [4.78, 5) is 0. The topological polar surface area (TPSA) is 140 Å². The summed E-state index contributed by atoms with van der Waals surface area (Å²) in [5, 5.41) is 36.7. The summed E-state index contributed by atoms with van der Waals surface area (Å²) in [5.41, 5.74) is 5.86. The minimum Gasteiger partial charge on any atom is -0.397 e. The van der Waals surface area contributed by atoms with Crippen molar-refractivity contribution in [1.29, 1.82) is 0 Å². The molecule has 9 heteroatoms. The minimum absolute atomic E-state index is 0.288. The van der Waals surface area contributed by atoms with Crippen molar-refractivity contribution in [3.05, 3.63) is 24.5 Å². The first-order chi connectivity index (χ1) is 7.94. The van der Waals surface area contributed by atoms with Gasteiger partial charge in [0.05, 0.1) is 11.9 Å². The summed E-state index contributed by atoms with van der Waals surface area (Å²) >= 11 is 0. The predicted octanol–water partition coefficient (Wildman–Crippen LogP) is -1.79. The maximum Gasteiger partial charge on any atom is 0.454 e. The van der Waals surface area contributed by atoms with Gasteiger partial charge in [0.25, 0.3) is 0 Å². The molecule has 90 valence electrons. The molecule has 0 amide bonds. The Hall–Kier alpha value is -2.23. The molecule has 0 saturated carbocycles. The summed E-state index contributed by atoms with van der Waals surface area (Å²) in [5.74, 6) is 0.0224. The van der Waals surface area contributed by atoms with E-state index in [2.05, 4.69) is 20.0 Å². The van der Waals surface area contributed by atoms with E-state index in [9.17, 15) is 0 Å². The molecule has 0 aromatic carbocycles. The number of anilines is 1. The molecule has 0 saturated heterocycles. The molecule has 0 bridgehead atoms. The van der Waals surface area contributed by atoms with Crippen LogP contribution in [0.2, 0.25) is 0 Å². The van der Waals surface area contributed by atoms with E-state index < -0.39 is 6.16 Å². The standard InChI is InChI=1S/C8H9N5O4/c9-6-1-2-13(12-6)5-3-7(11-10-4-5)17-8(14,15)16/h1-4,14-16H,(H2,9,12). The van der Waals surface area contributed by atoms with Crippen molar-refractivity contribution >= 4 is 5.82 Å². The van der Waals surface area contributed by atoms with Crippen LogP contribution in [0, 0.1) is 0 Å². The first-order valence-corrected chi connectivity index (χ1v) is 4.44. The fourth-order valence-corrected chi connectivity index (χ4v) is 1.13. The number of rotatable bonds is 3. The van der Waals surface area contributed by atoms with Crippen LogP contribution in [-0.4, -0.2) is 41.5 Å². The Kier molecular flexibility index (Phi) is 2.63. The first kappa shape index (κ1) is 11.3. The van der Waals surface area contributed by atoms with Crippen LogP contribution in [0.4, 0.5) is 5.82 Å². The van der Waals surface area contributed by atoms with Crippen LogP contribution in [0.3, 0.4) is 0 Å². The average molecular weight is 239 g/mol. The largest absolute Gasteiger partial charge is 0.454 e. The zero-order chi connectivity index (χ0) is 12.5. The third-order valence-corrected chi connectivity index (χ3v) is 1.73. The highest BCUT2D eigenvalue weighted by Gasteiger charge is 2.22. The van der Waals surface area contributed by atoms with Crippen LogP contribution in [0.1, 0.15) is 0 Å². The van der Waals surface area contributed by atoms with Crippen LogP contribution < -0.4 is 10.5 Å². The number of aromatic nitrogens is 4. The molecule has 2 aromatic rings. The molecule has 0 unspecified atom stereocenters. The Bertz CT molecular complexity index is 521. The highest BCUT2D eigenvalue weighted by atomic mass is 16.9. The van der Waals surface area contributed by atoms with E-state index in [1.165, 1.54) is 16.9 Å². The number of nitrogens with zero attached hydrogens (tertiary/aromatic N) is 4. The van der Waals surface area contributed by atoms with Gasteiger partial charge in [-0.3, -0.25) is 0 Å². The van der Waals surface area contributed by atoms with Gasteiger partial charge in [-0.2, -0.15) is 10.2 Å². The second kappa shape index (κ2) is 3.97. The van der Waals surface area contributed by atoms with Gasteiger partial charge in [0.2, 0.25) is 5.88 Å². The molecule has 5 N–H and O–H groups in total. The van der Waals surface area contributed by atoms with E-state index in [0.717, 1.165) is 0 Å². The predicted molar refractivity (Wildman–Crippen MR) is 53.6 cm³/mol. The quantitative estimate of drug-likeness (QED) is 0.460. The molecule has 2 aromatic heterocycles. The van der Waals surface area contributed by atoms with Crippen LogP contribution in [-0.2, 0) is 0 Å². The zero-order valence-electron chi connectivity index (χ0n) is 8.43. The van der Waals surface area contributed by atoms with Gasteiger partial charge in [0, 0.05) is 18.3 Å². The molecule has 0 atom stereocenters. The molecule has 2 heterocycles. The normalized spacial score (nSPS) is 11.5. The van der Waals surface area contributed by atoms with Crippen molar-refractivity contribution in [3.63, 3.8) is 0 Å². The molecule has 0 aliphatic rings. The van der Waals surface area contributed by atoms with Crippen molar-refractivity contribution < 1.29 is 20.1 Å². The van der Waals surface area contributed by atoms with Gasteiger partial charge in [0.15, 0.2) is 0 Å². The van der Waals surface area contributed by atoms with Crippen molar-refractivity contribution in [3.8, 4) is 11.6 Å². The highest BCUT2D eigenvalue weighted by molar-refractivity contribution is 5.34. The second-order valence-corrected chi connectivity index (χ2v) is 3.11. The van der Waals surface area contributed by atoms with E-state index in [-0.39, 0.29) is 5.88 Å². The van der Waals surface area contributed by atoms with E-state index in [1.54, 1.807) is 12.3 Å². The fourth-order valence-electron chi connectivity index (χ4n) is 1.13. The Morgan fingerprint density at radius 3 is 2.71 bits per heavy atom. The monoisotopic (exact) mass is 239 g/mol. The number of hydrogen-bond donors (Lipinski definition) is 4. The number of nitrogens with two attached hydrogens (primary N) is 1. The molecule has 0 spiro atoms. The summed E-state index contributed by atoms with van der Waals surface area (Å²) in [6.45, 7) is 0. The average Bonchev–Trinajstić information content (AvgIpc) is 2.63. The van der Waals surface area contributed by atoms with Crippen molar-refractivity contribution in [2.24, 2.45) is 0 Å². The Balaban J connectivity index is 2.29. The minimum atomic E-state index is -3.31. The Labute approximate surface area is 94.7 Å². The van der Waals surface area contributed by atoms with E-state index in [0.29, 0.717) is 11.5 Å². The summed E-state index contributed by atoms with van der Waals surface area (Å²) in [7, 11) is 0. The van der Waals surface area contributed by atoms with E-state index >= 15 is 0 Å². The SMILES string of the molecule is Nc1ccn(-c2cnnc(OC(O)(O)O)c2)n1. The molecule has 0 aliphatic heterocycles. The van der Waals surface area contributed by atoms with Crippen LogP contribution in [0.25, 0.3) is 5.69 Å². The Morgan fingerprint density at radius 1 is 1.35 bits per heavy atom. The number of ether oxygens (including phenoxy) is 1. The van der Waals surface area contributed by atoms with Gasteiger partial charge in [-0.05, 0) is 0 Å². The summed E-state index contributed by atoms with van der Waals surface area (Å²) in [6, 6.07) is 2.85. The third-order valence-electron chi connectivity index (χ3n) is 1.73. The van der Waals surface area contributed by atoms with E-state index in [4.69, 9.17) is 21.1 Å². The molecule has 2 rings (SSSR count). The van der Waals surface area contributed by atoms with Crippen molar-refractivity contribution in [2.45, 2.75) is 6.16 Å². The molecule has 0 fully saturated rings. The number of hydrogen-bond acceptors (Lipinski definition) is 8. The maximum atomic E-state index is 8.62. The van der Waals surface area contributed by atoms with Crippen LogP contribution in [0.5, 0.6) is 5.88 Å². The summed E-state index contributed by atoms with van der Waals surface area (Å²) in [6.07, 6.45) is -0.385. The summed E-state index contributed by atoms with van der Waals surface area (Å²) < 4.78 is 5.67. The van der Waals surface area contributed by atoms with E-state index in [1.807, 2.05) is 0 Å². The smallest absolute Gasteiger partial charge is 0.397 e. The lowest BCUT2D eigenvalue weighted by atomic mass is 10.4. The molecule has 17 heavy (non-hydrogen) atoms. The van der Waals surface area contributed by atoms with Gasteiger partial charge in [0.1, 0.15) is 5.82 Å². The number of nitrogen functional groups attached to an aromatic ring is 1. The van der Waals surface area contributed by atoms with Gasteiger partial charge >= 0.3 is 6.16 Å². The van der Waals surface area contributed by atoms with Crippen LogP contribution >= 0.6 is 0 Å². The van der Waals surface area contributed by atoms with Crippen LogP contribution in [0.15, 0.2) is 24.5 Å². The van der Waals surface area contributed by atoms with Gasteiger partial charge in [-0.15, -0.1) is 5.10 Å². The first-order valence-electron chi connectivity index (χ1n) is 4.44. The maximum absolute atomic E-state index is 8.62. The fraction of sp³-hybridized carbons (Fsp3) is 0.125. The molecule has 0 radical (unpaired) electrons. The van der Waals surface area contributed by atoms with Gasteiger partial charge in [-0.25, -0.2) is 4.68 Å². The zero-order valence-corrected chi connectivity index (χ0v) is 8.43. The molecule has 0 aliphatic carbocycles. The Morgan fingerprint density at radius 2 is 2.12 bits per heavy atom. The third kappa shape index (κ3) is 2.87. The van der Waals surface area contributed by atoms with Crippen molar-refractivity contribution in [1.82, 2.24) is 20.0 Å². The number of aliphatic hydroxyl groups is 3. The lowest BCUT2D eigenvalue weighted by Crippen LogP contribution is -2.35. The highest BCUT2D eigenvalue weighted by Crippen LogP contribution is 2.14. The molecule has 9 nitrogen and oxygen atoms in total. The second-order valence-electron chi connectivity index (χ2n) is 3.11. The lowest BCUT2D eigenvalue weighted by Gasteiger charge is -2.14. The molecular weight excluding hydrogens is 230 g/mol. The lowest BCUT2D eigenvalue weighted by molar-refractivity contribution is -0.420. The molecular formula is C8H9N5O4.